The fraction of sp³-hybridized carbons (Fsp3) is 0.357. The zero-order valence-corrected chi connectivity index (χ0v) is 14.6. The fourth-order valence-electron chi connectivity index (χ4n) is 2.01. The van der Waals surface area contributed by atoms with E-state index >= 15 is 0 Å². The molecule has 0 saturated carbocycles. The molecule has 20 heavy (non-hydrogen) atoms. The van der Waals surface area contributed by atoms with Gasteiger partial charge in [-0.3, -0.25) is 4.79 Å². The van der Waals surface area contributed by atoms with Gasteiger partial charge in [-0.1, -0.05) is 12.2 Å². The van der Waals surface area contributed by atoms with Gasteiger partial charge in [0.1, 0.15) is 0 Å². The van der Waals surface area contributed by atoms with Crippen LogP contribution < -0.4 is 0 Å². The van der Waals surface area contributed by atoms with Crippen LogP contribution >= 0.6 is 50.5 Å². The first-order valence-electron chi connectivity index (χ1n) is 6.04. The van der Waals surface area contributed by atoms with E-state index in [-0.39, 0.29) is 5.12 Å². The van der Waals surface area contributed by atoms with Crippen LogP contribution in [0.5, 0.6) is 0 Å². The molecule has 0 saturated heterocycles. The van der Waals surface area contributed by atoms with Crippen molar-refractivity contribution in [1.82, 2.24) is 0 Å². The molecule has 1 unspecified atom stereocenters. The molecule has 0 fully saturated rings. The van der Waals surface area contributed by atoms with Crippen molar-refractivity contribution in [2.75, 3.05) is 0 Å². The topological polar surface area (TPSA) is 37.3 Å². The van der Waals surface area contributed by atoms with Gasteiger partial charge in [0.25, 0.3) is 0 Å². The second kappa shape index (κ2) is 7.84. The summed E-state index contributed by atoms with van der Waals surface area (Å²) in [5.41, 5.74) is 0.976. The molecule has 1 rings (SSSR count). The van der Waals surface area contributed by atoms with Crippen molar-refractivity contribution in [2.24, 2.45) is 0 Å². The molecule has 2 atom stereocenters. The lowest BCUT2D eigenvalue weighted by atomic mass is 9.86. The van der Waals surface area contributed by atoms with Gasteiger partial charge in [0.15, 0.2) is 0 Å². The van der Waals surface area contributed by atoms with E-state index < -0.39 is 10.9 Å². The van der Waals surface area contributed by atoms with E-state index in [4.69, 9.17) is 0 Å². The summed E-state index contributed by atoms with van der Waals surface area (Å²) < 4.78 is -0.420. The smallest absolute Gasteiger partial charge is 0.209 e. The van der Waals surface area contributed by atoms with E-state index in [1.165, 1.54) is 6.08 Å². The molecule has 0 aromatic rings. The summed E-state index contributed by atoms with van der Waals surface area (Å²) in [5.74, 6) is 0. The van der Waals surface area contributed by atoms with Crippen molar-refractivity contribution in [2.45, 2.75) is 30.6 Å². The van der Waals surface area contributed by atoms with Gasteiger partial charge < -0.3 is 5.11 Å². The van der Waals surface area contributed by atoms with Gasteiger partial charge in [-0.2, -0.15) is 12.6 Å². The van der Waals surface area contributed by atoms with Crippen LogP contribution in [-0.4, -0.2) is 21.1 Å². The summed E-state index contributed by atoms with van der Waals surface area (Å²) >= 11 is 17.0. The van der Waals surface area contributed by atoms with E-state index in [2.05, 4.69) is 50.5 Å². The Morgan fingerprint density at radius 2 is 2.05 bits per heavy atom. The summed E-state index contributed by atoms with van der Waals surface area (Å²) in [6, 6.07) is 0. The highest BCUT2D eigenvalue weighted by Gasteiger charge is 2.32. The fourth-order valence-corrected chi connectivity index (χ4v) is 3.30. The summed E-state index contributed by atoms with van der Waals surface area (Å²) in [4.78, 5) is 12.2. The highest BCUT2D eigenvalue weighted by Crippen LogP contribution is 2.40. The lowest BCUT2D eigenvalue weighted by Crippen LogP contribution is -2.31. The maximum Gasteiger partial charge on any atom is 0.209 e. The van der Waals surface area contributed by atoms with Gasteiger partial charge in [0.05, 0.1) is 6.10 Å². The van der Waals surface area contributed by atoms with E-state index in [1.54, 1.807) is 12.2 Å². The predicted octanol–water partition coefficient (Wildman–Crippen LogP) is 3.40. The summed E-state index contributed by atoms with van der Waals surface area (Å²) in [6.45, 7) is 1.95. The number of hydrogen-bond donors (Lipinski definition) is 5. The minimum absolute atomic E-state index is 0.309. The standard InChI is InChI=1S/C14H18O2S4/c1-14(20)8-9(15)7-12(18)11(14)6-5-10(17)3-2-4-13(16)19/h2-6,9,15,17-18,20H,7-8H2,1H3,(H,16,19)/b4-2+,6-5+,10-3-/t9?,14-/m0/s1. The molecule has 0 heterocycles. The van der Waals surface area contributed by atoms with Crippen LogP contribution in [0.2, 0.25) is 0 Å². The molecule has 0 spiro atoms. The molecule has 6 heteroatoms. The van der Waals surface area contributed by atoms with Crippen LogP contribution in [0.1, 0.15) is 19.8 Å². The third kappa shape index (κ3) is 5.77. The Hall–Kier alpha value is -0.0100. The van der Waals surface area contributed by atoms with E-state index in [0.717, 1.165) is 10.5 Å². The lowest BCUT2D eigenvalue weighted by molar-refractivity contribution is -0.106. The van der Waals surface area contributed by atoms with Crippen molar-refractivity contribution >= 4 is 55.6 Å². The van der Waals surface area contributed by atoms with Crippen LogP contribution in [0.3, 0.4) is 0 Å². The first kappa shape index (κ1) is 18.0. The van der Waals surface area contributed by atoms with Gasteiger partial charge in [-0.05, 0) is 42.1 Å². The quantitative estimate of drug-likeness (QED) is 0.307. The molecular formula is C14H18O2S4. The van der Waals surface area contributed by atoms with Crippen LogP contribution in [0.25, 0.3) is 0 Å². The Labute approximate surface area is 141 Å². The van der Waals surface area contributed by atoms with E-state index in [0.29, 0.717) is 17.7 Å². The molecule has 0 aromatic heterocycles. The predicted molar refractivity (Wildman–Crippen MR) is 98.0 cm³/mol. The molecule has 110 valence electrons. The van der Waals surface area contributed by atoms with Gasteiger partial charge in [-0.25, -0.2) is 0 Å². The Kier molecular flexibility index (Phi) is 7.08. The summed E-state index contributed by atoms with van der Waals surface area (Å²) in [5, 5.41) is 9.44. The van der Waals surface area contributed by atoms with Gasteiger partial charge in [0.2, 0.25) is 5.12 Å². The van der Waals surface area contributed by atoms with Gasteiger partial charge in [-0.15, -0.1) is 37.9 Å². The number of aliphatic hydroxyl groups is 1. The highest BCUT2D eigenvalue weighted by atomic mass is 32.1. The van der Waals surface area contributed by atoms with Gasteiger partial charge >= 0.3 is 0 Å². The van der Waals surface area contributed by atoms with Crippen LogP contribution in [0.4, 0.5) is 0 Å². The molecule has 0 aromatic carbocycles. The Balaban J connectivity index is 2.88. The van der Waals surface area contributed by atoms with Crippen molar-refractivity contribution < 1.29 is 9.90 Å². The monoisotopic (exact) mass is 346 g/mol. The highest BCUT2D eigenvalue weighted by molar-refractivity contribution is 7.97. The van der Waals surface area contributed by atoms with Crippen LogP contribution in [0.15, 0.2) is 45.8 Å². The molecule has 0 aliphatic heterocycles. The number of rotatable bonds is 4. The normalized spacial score (nSPS) is 28.7. The Bertz CT molecular complexity index is 501. The molecule has 0 amide bonds. The van der Waals surface area contributed by atoms with Crippen molar-refractivity contribution in [1.29, 1.82) is 0 Å². The zero-order chi connectivity index (χ0) is 15.3. The number of carbonyl (C=O) groups excluding carboxylic acids is 1. The number of hydrogen-bond acceptors (Lipinski definition) is 5. The maximum absolute atomic E-state index is 10.6. The number of thiol groups is 4. The van der Waals surface area contributed by atoms with E-state index in [9.17, 15) is 9.90 Å². The van der Waals surface area contributed by atoms with Crippen LogP contribution in [0, 0.1) is 0 Å². The number of carbonyl (C=O) groups is 1. The van der Waals surface area contributed by atoms with Gasteiger partial charge in [0, 0.05) is 16.1 Å². The Morgan fingerprint density at radius 1 is 1.40 bits per heavy atom. The molecule has 0 radical (unpaired) electrons. The number of allylic oxidation sites excluding steroid dienone is 4. The minimum atomic E-state index is -0.420. The second-order valence-corrected chi connectivity index (χ2v) is 7.30. The minimum Gasteiger partial charge on any atom is -0.393 e. The zero-order valence-electron chi connectivity index (χ0n) is 11.0. The van der Waals surface area contributed by atoms with E-state index in [1.807, 2.05) is 19.1 Å². The first-order valence-corrected chi connectivity index (χ1v) is 7.82. The average molecular weight is 347 g/mol. The molecule has 1 aliphatic carbocycles. The lowest BCUT2D eigenvalue weighted by Gasteiger charge is -2.34. The second-order valence-electron chi connectivity index (χ2n) is 4.82. The molecule has 1 N–H and O–H groups in total. The Morgan fingerprint density at radius 3 is 2.60 bits per heavy atom. The molecule has 1 aliphatic rings. The third-order valence-corrected chi connectivity index (χ3v) is 4.17. The SMILES string of the molecule is C[C@]1(S)CC(O)CC(S)=C1/C=C/C(S)=C/C=C/C(=O)S. The largest absolute Gasteiger partial charge is 0.393 e. The van der Waals surface area contributed by atoms with Crippen molar-refractivity contribution in [3.8, 4) is 0 Å². The van der Waals surface area contributed by atoms with Crippen LogP contribution in [-0.2, 0) is 4.79 Å². The first-order chi connectivity index (χ1) is 9.22. The number of aliphatic hydroxyl groups excluding tert-OH is 1. The average Bonchev–Trinajstić information content (AvgIpc) is 2.25. The molecular weight excluding hydrogens is 328 g/mol. The molecule has 0 bridgehead atoms. The van der Waals surface area contributed by atoms with Crippen molar-refractivity contribution in [3.63, 3.8) is 0 Å². The third-order valence-electron chi connectivity index (χ3n) is 2.88. The molecule has 2 nitrogen and oxygen atoms in total. The van der Waals surface area contributed by atoms with Crippen molar-refractivity contribution in [3.05, 3.63) is 45.8 Å². The summed E-state index contributed by atoms with van der Waals surface area (Å²) in [7, 11) is 0. The summed E-state index contributed by atoms with van der Waals surface area (Å²) in [6.07, 6.45) is 9.05. The maximum atomic E-state index is 10.6.